The minimum atomic E-state index is -0.576. The number of aromatic nitrogens is 2. The van der Waals surface area contributed by atoms with Crippen molar-refractivity contribution in [1.29, 1.82) is 0 Å². The largest absolute Gasteiger partial charge is 0.369 e. The summed E-state index contributed by atoms with van der Waals surface area (Å²) in [5.74, 6) is -0.760. The average Bonchev–Trinajstić information content (AvgIpc) is 3.15. The van der Waals surface area contributed by atoms with Crippen molar-refractivity contribution >= 4 is 46.0 Å². The van der Waals surface area contributed by atoms with Crippen LogP contribution in [0.25, 0.3) is 11.0 Å². The Morgan fingerprint density at radius 3 is 2.68 bits per heavy atom. The maximum Gasteiger partial charge on any atom is 0.265 e. The molecule has 2 aliphatic heterocycles. The van der Waals surface area contributed by atoms with E-state index in [4.69, 9.17) is 11.6 Å². The summed E-state index contributed by atoms with van der Waals surface area (Å²) >= 11 is 5.96. The zero-order valence-corrected chi connectivity index (χ0v) is 24.6. The molecule has 218 valence electrons. The Labute approximate surface area is 244 Å². The van der Waals surface area contributed by atoms with Crippen LogP contribution >= 0.6 is 11.6 Å². The van der Waals surface area contributed by atoms with Crippen LogP contribution in [0.4, 0.5) is 5.69 Å². The van der Waals surface area contributed by atoms with Crippen LogP contribution in [0.1, 0.15) is 44.0 Å². The zero-order valence-electron chi connectivity index (χ0n) is 23.8. The SMILES string of the molecule is C=CC(Cl)=CC=C(C)CCNC(=O)c1cc2c(N3CCNC(=O)CC3)ccnc2n(CC(=O)N2CC(C)(C)C2)c1=O. The molecule has 0 atom stereocenters. The summed E-state index contributed by atoms with van der Waals surface area (Å²) in [6, 6.07) is 3.36. The Kier molecular flexibility index (Phi) is 9.32. The molecule has 3 amide bonds. The van der Waals surface area contributed by atoms with Crippen molar-refractivity contribution in [1.82, 2.24) is 25.1 Å². The van der Waals surface area contributed by atoms with Gasteiger partial charge in [0.05, 0.1) is 0 Å². The molecule has 4 rings (SSSR count). The van der Waals surface area contributed by atoms with Gasteiger partial charge in [-0.1, -0.05) is 49.8 Å². The molecule has 0 aliphatic carbocycles. The van der Waals surface area contributed by atoms with Crippen LogP contribution < -0.4 is 21.1 Å². The van der Waals surface area contributed by atoms with E-state index in [1.54, 1.807) is 23.2 Å². The second-order valence-electron chi connectivity index (χ2n) is 11.3. The zero-order chi connectivity index (χ0) is 29.7. The summed E-state index contributed by atoms with van der Waals surface area (Å²) in [4.78, 5) is 60.4. The highest BCUT2D eigenvalue weighted by Gasteiger charge is 2.37. The maximum atomic E-state index is 13.7. The fourth-order valence-electron chi connectivity index (χ4n) is 5.09. The van der Waals surface area contributed by atoms with Gasteiger partial charge in [-0.15, -0.1) is 0 Å². The molecule has 10 nitrogen and oxygen atoms in total. The van der Waals surface area contributed by atoms with Crippen LogP contribution in [0.5, 0.6) is 0 Å². The van der Waals surface area contributed by atoms with Crippen molar-refractivity contribution in [2.24, 2.45) is 5.41 Å². The van der Waals surface area contributed by atoms with Gasteiger partial charge >= 0.3 is 0 Å². The van der Waals surface area contributed by atoms with E-state index in [0.717, 1.165) is 11.3 Å². The van der Waals surface area contributed by atoms with Crippen molar-refractivity contribution in [3.05, 3.63) is 69.7 Å². The number of likely N-dealkylation sites (tertiary alicyclic amines) is 1. The fraction of sp³-hybridized carbons (Fsp3) is 0.433. The van der Waals surface area contributed by atoms with Gasteiger partial charge in [0.2, 0.25) is 11.8 Å². The number of carbonyl (C=O) groups excluding carboxylic acids is 3. The van der Waals surface area contributed by atoms with Crippen molar-refractivity contribution in [3.63, 3.8) is 0 Å². The topological polar surface area (TPSA) is 117 Å². The van der Waals surface area contributed by atoms with Gasteiger partial charge in [-0.05, 0) is 37.0 Å². The van der Waals surface area contributed by atoms with Crippen molar-refractivity contribution in [2.45, 2.75) is 40.2 Å². The number of hydrogen-bond donors (Lipinski definition) is 2. The molecule has 0 saturated carbocycles. The molecule has 2 saturated heterocycles. The Hall–Kier alpha value is -3.92. The van der Waals surface area contributed by atoms with Gasteiger partial charge in [-0.2, -0.15) is 0 Å². The number of anilines is 1. The predicted octanol–water partition coefficient (Wildman–Crippen LogP) is 2.97. The molecule has 2 fully saturated rings. The van der Waals surface area contributed by atoms with Crippen LogP contribution in [-0.2, 0) is 16.1 Å². The number of fused-ring (bicyclic) bond motifs is 1. The summed E-state index contributed by atoms with van der Waals surface area (Å²) in [5.41, 5.74) is 1.45. The van der Waals surface area contributed by atoms with Crippen LogP contribution in [0, 0.1) is 5.41 Å². The van der Waals surface area contributed by atoms with Gasteiger partial charge in [0.15, 0.2) is 0 Å². The number of hydrogen-bond acceptors (Lipinski definition) is 6. The lowest BCUT2D eigenvalue weighted by molar-refractivity contribution is -0.142. The number of nitrogens with zero attached hydrogens (tertiary/aromatic N) is 4. The molecule has 0 spiro atoms. The van der Waals surface area contributed by atoms with E-state index >= 15 is 0 Å². The van der Waals surface area contributed by atoms with Gasteiger partial charge in [0, 0.05) is 68.0 Å². The molecule has 2 aromatic rings. The molecule has 2 aliphatic rings. The first-order valence-electron chi connectivity index (χ1n) is 13.7. The van der Waals surface area contributed by atoms with E-state index in [1.807, 2.05) is 24.0 Å². The van der Waals surface area contributed by atoms with E-state index in [1.165, 1.54) is 10.6 Å². The standard InChI is InChI=1S/C30H37ClN6O4/c1-5-21(31)7-6-20(2)8-11-34-28(40)23-16-22-24(35-14-10-25(38)32-13-15-35)9-12-33-27(22)37(29(23)41)17-26(39)36-18-30(3,4)19-36/h5-7,9,12,16H,1,8,10-11,13-15,17-19H2,2-4H3,(H,32,38)(H,34,40). The van der Waals surface area contributed by atoms with Gasteiger partial charge < -0.3 is 20.4 Å². The number of rotatable bonds is 9. The molecule has 2 N–H and O–H groups in total. The Balaban J connectivity index is 1.68. The third kappa shape index (κ3) is 7.24. The lowest BCUT2D eigenvalue weighted by Gasteiger charge is -2.45. The van der Waals surface area contributed by atoms with Crippen LogP contribution in [0.3, 0.4) is 0 Å². The van der Waals surface area contributed by atoms with Crippen LogP contribution in [0.15, 0.2) is 58.5 Å². The summed E-state index contributed by atoms with van der Waals surface area (Å²) in [6.45, 7) is 12.5. The molecule has 11 heteroatoms. The quantitative estimate of drug-likeness (QED) is 0.441. The van der Waals surface area contributed by atoms with Gasteiger partial charge in [0.25, 0.3) is 11.5 Å². The summed E-state index contributed by atoms with van der Waals surface area (Å²) in [5, 5.41) is 6.78. The maximum absolute atomic E-state index is 13.7. The van der Waals surface area contributed by atoms with Gasteiger partial charge in [0.1, 0.15) is 17.8 Å². The van der Waals surface area contributed by atoms with E-state index < -0.39 is 11.5 Å². The van der Waals surface area contributed by atoms with Crippen molar-refractivity contribution in [2.75, 3.05) is 44.2 Å². The average molecular weight is 581 g/mol. The third-order valence-electron chi connectivity index (χ3n) is 7.27. The summed E-state index contributed by atoms with van der Waals surface area (Å²) in [6.07, 6.45) is 7.57. The molecular formula is C30H37ClN6O4. The van der Waals surface area contributed by atoms with E-state index in [0.29, 0.717) is 68.2 Å². The number of nitrogens with one attached hydrogen (secondary N) is 2. The first kappa shape index (κ1) is 30.0. The Morgan fingerprint density at radius 2 is 1.98 bits per heavy atom. The highest BCUT2D eigenvalue weighted by Crippen LogP contribution is 2.30. The minimum Gasteiger partial charge on any atom is -0.369 e. The molecule has 41 heavy (non-hydrogen) atoms. The lowest BCUT2D eigenvalue weighted by atomic mass is 9.84. The Morgan fingerprint density at radius 1 is 1.22 bits per heavy atom. The van der Waals surface area contributed by atoms with E-state index in [2.05, 4.69) is 36.0 Å². The molecule has 0 radical (unpaired) electrons. The highest BCUT2D eigenvalue weighted by atomic mass is 35.5. The second-order valence-corrected chi connectivity index (χ2v) is 11.7. The summed E-state index contributed by atoms with van der Waals surface area (Å²) < 4.78 is 1.30. The monoisotopic (exact) mass is 580 g/mol. The number of allylic oxidation sites excluding steroid dienone is 4. The van der Waals surface area contributed by atoms with Crippen LogP contribution in [-0.4, -0.2) is 71.4 Å². The smallest absolute Gasteiger partial charge is 0.265 e. The fourth-order valence-corrected chi connectivity index (χ4v) is 5.15. The molecule has 2 aromatic heterocycles. The van der Waals surface area contributed by atoms with Crippen molar-refractivity contribution in [3.8, 4) is 0 Å². The first-order valence-corrected chi connectivity index (χ1v) is 14.1. The van der Waals surface area contributed by atoms with E-state index in [-0.39, 0.29) is 29.3 Å². The Bertz CT molecular complexity index is 1480. The van der Waals surface area contributed by atoms with Gasteiger partial charge in [-0.3, -0.25) is 23.7 Å². The minimum absolute atomic E-state index is 0.0301. The van der Waals surface area contributed by atoms with Gasteiger partial charge in [-0.25, -0.2) is 4.98 Å². The summed E-state index contributed by atoms with van der Waals surface area (Å²) in [7, 11) is 0. The highest BCUT2D eigenvalue weighted by molar-refractivity contribution is 6.31. The number of amides is 3. The lowest BCUT2D eigenvalue weighted by Crippen LogP contribution is -2.56. The normalized spacial score (nSPS) is 17.5. The van der Waals surface area contributed by atoms with Crippen LogP contribution in [0.2, 0.25) is 0 Å². The third-order valence-corrected chi connectivity index (χ3v) is 7.56. The van der Waals surface area contributed by atoms with Crippen molar-refractivity contribution < 1.29 is 14.4 Å². The number of carbonyl (C=O) groups is 3. The first-order chi connectivity index (χ1) is 19.5. The number of halogens is 1. The molecule has 4 heterocycles. The molecule has 0 bridgehead atoms. The van der Waals surface area contributed by atoms with E-state index in [9.17, 15) is 19.2 Å². The second kappa shape index (κ2) is 12.7. The molecule has 0 unspecified atom stereocenters. The predicted molar refractivity (Wildman–Crippen MR) is 161 cm³/mol. The molecule has 0 aromatic carbocycles. The molecular weight excluding hydrogens is 544 g/mol. The number of pyridine rings is 2.